The highest BCUT2D eigenvalue weighted by Crippen LogP contribution is 2.32. The maximum atomic E-state index is 7.00. The standard InChI is InChI=1S/C25H37N3.CH4O/c1-9-18(7)15-20-16-19(10-2)24(27-25(20)28(8)12-4)21-13-14-23(17(5)6)26-22(21)11-3;1-2/h12-14,16-18H,4,9-11,15H2,1-3,5-8H3;2H,1H3/t18-;/m1./s1. The molecule has 2 aromatic rings. The van der Waals surface area contributed by atoms with Crippen LogP contribution in [0.5, 0.6) is 0 Å². The van der Waals surface area contributed by atoms with Gasteiger partial charge in [0.05, 0.1) is 5.69 Å². The number of pyridine rings is 2. The lowest BCUT2D eigenvalue weighted by Crippen LogP contribution is -2.15. The highest BCUT2D eigenvalue weighted by Gasteiger charge is 2.18. The third-order valence-corrected chi connectivity index (χ3v) is 5.59. The van der Waals surface area contributed by atoms with Gasteiger partial charge < -0.3 is 10.0 Å². The normalized spacial score (nSPS) is 11.7. The summed E-state index contributed by atoms with van der Waals surface area (Å²) in [6.45, 7) is 17.3. The molecule has 0 aliphatic heterocycles. The molecule has 0 aromatic carbocycles. The molecule has 2 aromatic heterocycles. The first-order valence-electron chi connectivity index (χ1n) is 11.2. The van der Waals surface area contributed by atoms with Gasteiger partial charge in [-0.15, -0.1) is 0 Å². The second kappa shape index (κ2) is 12.5. The van der Waals surface area contributed by atoms with Gasteiger partial charge in [0.2, 0.25) is 0 Å². The van der Waals surface area contributed by atoms with E-state index in [4.69, 9.17) is 15.1 Å². The molecule has 0 unspecified atom stereocenters. The van der Waals surface area contributed by atoms with Gasteiger partial charge in [-0.25, -0.2) is 4.98 Å². The SMILES string of the molecule is C=CN(C)c1nc(-c2ccc(C(C)C)nc2CC)c(CC)cc1C[C@H](C)CC.CO. The lowest BCUT2D eigenvalue weighted by atomic mass is 9.94. The smallest absolute Gasteiger partial charge is 0.136 e. The van der Waals surface area contributed by atoms with Crippen LogP contribution in [0.15, 0.2) is 31.0 Å². The van der Waals surface area contributed by atoms with Crippen LogP contribution in [0, 0.1) is 5.92 Å². The first-order valence-corrected chi connectivity index (χ1v) is 11.2. The minimum absolute atomic E-state index is 0.429. The van der Waals surface area contributed by atoms with Crippen molar-refractivity contribution in [2.24, 2.45) is 5.92 Å². The Kier molecular flexibility index (Phi) is 10.8. The molecule has 0 bridgehead atoms. The largest absolute Gasteiger partial charge is 0.400 e. The third-order valence-electron chi connectivity index (χ3n) is 5.59. The number of anilines is 1. The van der Waals surface area contributed by atoms with Crippen molar-refractivity contribution in [2.45, 2.75) is 73.1 Å². The van der Waals surface area contributed by atoms with E-state index in [1.807, 2.05) is 18.1 Å². The summed E-state index contributed by atoms with van der Waals surface area (Å²) in [5.74, 6) is 2.07. The lowest BCUT2D eigenvalue weighted by Gasteiger charge is -2.23. The number of hydrogen-bond acceptors (Lipinski definition) is 4. The number of aliphatic hydroxyl groups excluding tert-OH is 1. The Morgan fingerprint density at radius 2 is 1.70 bits per heavy atom. The molecule has 0 aliphatic carbocycles. The number of aliphatic hydroxyl groups is 1. The average Bonchev–Trinajstić information content (AvgIpc) is 2.78. The van der Waals surface area contributed by atoms with Gasteiger partial charge in [-0.2, -0.15) is 0 Å². The Hall–Kier alpha value is -2.20. The van der Waals surface area contributed by atoms with Crippen molar-refractivity contribution in [1.82, 2.24) is 9.97 Å². The Morgan fingerprint density at radius 1 is 1.03 bits per heavy atom. The highest BCUT2D eigenvalue weighted by molar-refractivity contribution is 5.70. The van der Waals surface area contributed by atoms with E-state index in [0.717, 1.165) is 54.8 Å². The maximum absolute atomic E-state index is 7.00. The number of hydrogen-bond donors (Lipinski definition) is 1. The van der Waals surface area contributed by atoms with Gasteiger partial charge in [-0.1, -0.05) is 54.5 Å². The molecular formula is C26H41N3O. The Labute approximate surface area is 184 Å². The molecule has 4 heteroatoms. The second-order valence-corrected chi connectivity index (χ2v) is 8.08. The van der Waals surface area contributed by atoms with Gasteiger partial charge in [-0.05, 0) is 66.6 Å². The summed E-state index contributed by atoms with van der Waals surface area (Å²) in [4.78, 5) is 12.2. The van der Waals surface area contributed by atoms with E-state index < -0.39 is 0 Å². The zero-order valence-corrected chi connectivity index (χ0v) is 20.3. The van der Waals surface area contributed by atoms with Crippen LogP contribution >= 0.6 is 0 Å². The fourth-order valence-electron chi connectivity index (χ4n) is 3.48. The van der Waals surface area contributed by atoms with Crippen LogP contribution in [0.2, 0.25) is 0 Å². The zero-order chi connectivity index (χ0) is 22.8. The topological polar surface area (TPSA) is 49.2 Å². The summed E-state index contributed by atoms with van der Waals surface area (Å²) in [6.07, 6.45) is 5.92. The van der Waals surface area contributed by atoms with Crippen LogP contribution in [0.1, 0.15) is 76.4 Å². The van der Waals surface area contributed by atoms with Crippen LogP contribution in [-0.4, -0.2) is 29.2 Å². The van der Waals surface area contributed by atoms with Crippen LogP contribution in [0.25, 0.3) is 11.3 Å². The number of rotatable bonds is 9. The van der Waals surface area contributed by atoms with Gasteiger partial charge in [0.25, 0.3) is 0 Å². The van der Waals surface area contributed by atoms with E-state index in [0.29, 0.717) is 11.8 Å². The molecule has 0 aliphatic rings. The summed E-state index contributed by atoms with van der Waals surface area (Å²) in [5.41, 5.74) is 7.12. The number of aromatic nitrogens is 2. The van der Waals surface area contributed by atoms with Crippen LogP contribution in [-0.2, 0) is 19.3 Å². The summed E-state index contributed by atoms with van der Waals surface area (Å²) in [6, 6.07) is 6.73. The van der Waals surface area contributed by atoms with E-state index in [-0.39, 0.29) is 0 Å². The first-order chi connectivity index (χ1) is 14.4. The maximum Gasteiger partial charge on any atom is 0.136 e. The molecule has 0 saturated carbocycles. The summed E-state index contributed by atoms with van der Waals surface area (Å²) in [5, 5.41) is 7.00. The van der Waals surface area contributed by atoms with Crippen LogP contribution < -0.4 is 4.90 Å². The van der Waals surface area contributed by atoms with Crippen molar-refractivity contribution < 1.29 is 5.11 Å². The molecule has 4 nitrogen and oxygen atoms in total. The van der Waals surface area contributed by atoms with E-state index >= 15 is 0 Å². The first kappa shape index (κ1) is 25.8. The quantitative estimate of drug-likeness (QED) is 0.536. The van der Waals surface area contributed by atoms with E-state index in [9.17, 15) is 0 Å². The van der Waals surface area contributed by atoms with Gasteiger partial charge in [0.15, 0.2) is 0 Å². The summed E-state index contributed by atoms with van der Waals surface area (Å²) >= 11 is 0. The summed E-state index contributed by atoms with van der Waals surface area (Å²) < 4.78 is 0. The van der Waals surface area contributed by atoms with Crippen LogP contribution in [0.4, 0.5) is 5.82 Å². The predicted molar refractivity (Wildman–Crippen MR) is 130 cm³/mol. The minimum Gasteiger partial charge on any atom is -0.400 e. The summed E-state index contributed by atoms with van der Waals surface area (Å²) in [7, 11) is 3.03. The fourth-order valence-corrected chi connectivity index (χ4v) is 3.48. The molecule has 30 heavy (non-hydrogen) atoms. The van der Waals surface area contributed by atoms with Gasteiger partial charge in [-0.3, -0.25) is 4.98 Å². The van der Waals surface area contributed by atoms with Crippen molar-refractivity contribution in [3.63, 3.8) is 0 Å². The molecule has 0 radical (unpaired) electrons. The molecule has 2 rings (SSSR count). The van der Waals surface area contributed by atoms with Gasteiger partial charge in [0.1, 0.15) is 5.82 Å². The molecule has 0 fully saturated rings. The van der Waals surface area contributed by atoms with Gasteiger partial charge >= 0.3 is 0 Å². The van der Waals surface area contributed by atoms with Crippen molar-refractivity contribution in [3.05, 3.63) is 53.5 Å². The molecule has 1 N–H and O–H groups in total. The van der Waals surface area contributed by atoms with E-state index in [2.05, 4.69) is 66.3 Å². The highest BCUT2D eigenvalue weighted by atomic mass is 16.2. The minimum atomic E-state index is 0.429. The molecule has 166 valence electrons. The van der Waals surface area contributed by atoms with Crippen molar-refractivity contribution in [3.8, 4) is 11.3 Å². The Morgan fingerprint density at radius 3 is 2.20 bits per heavy atom. The molecule has 0 spiro atoms. The Balaban J connectivity index is 0.00000218. The molecule has 0 saturated heterocycles. The zero-order valence-electron chi connectivity index (χ0n) is 20.3. The predicted octanol–water partition coefficient (Wildman–Crippen LogP) is 6.17. The number of nitrogens with zero attached hydrogens (tertiary/aromatic N) is 3. The molecule has 2 heterocycles. The second-order valence-electron chi connectivity index (χ2n) is 8.08. The van der Waals surface area contributed by atoms with Crippen molar-refractivity contribution >= 4 is 5.82 Å². The van der Waals surface area contributed by atoms with Crippen molar-refractivity contribution in [1.29, 1.82) is 0 Å². The molecular weight excluding hydrogens is 370 g/mol. The fraction of sp³-hybridized carbons (Fsp3) is 0.538. The van der Waals surface area contributed by atoms with Crippen LogP contribution in [0.3, 0.4) is 0 Å². The Bertz CT molecular complexity index is 814. The van der Waals surface area contributed by atoms with Crippen molar-refractivity contribution in [2.75, 3.05) is 19.1 Å². The molecule has 0 amide bonds. The lowest BCUT2D eigenvalue weighted by molar-refractivity contribution is 0.399. The van der Waals surface area contributed by atoms with Gasteiger partial charge in [0, 0.05) is 31.1 Å². The van der Waals surface area contributed by atoms with E-state index in [1.165, 1.54) is 17.5 Å². The van der Waals surface area contributed by atoms with E-state index in [1.54, 1.807) is 0 Å². The third kappa shape index (κ3) is 6.15. The number of aryl methyl sites for hydroxylation is 2. The average molecular weight is 412 g/mol. The monoisotopic (exact) mass is 411 g/mol. The molecule has 1 atom stereocenters.